The van der Waals surface area contributed by atoms with Crippen LogP contribution in [0, 0.1) is 0 Å². The number of esters is 1. The lowest BCUT2D eigenvalue weighted by molar-refractivity contribution is -0.138. The summed E-state index contributed by atoms with van der Waals surface area (Å²) in [5.74, 6) is -1.28. The van der Waals surface area contributed by atoms with Crippen molar-refractivity contribution in [2.45, 2.75) is 19.4 Å². The number of carboxylic acid groups (broad SMARTS) is 1. The number of aliphatic carboxylic acids is 1. The van der Waals surface area contributed by atoms with Gasteiger partial charge in [-0.1, -0.05) is 20.1 Å². The van der Waals surface area contributed by atoms with Crippen molar-refractivity contribution < 1.29 is 24.2 Å². The van der Waals surface area contributed by atoms with E-state index in [0.29, 0.717) is 19.6 Å². The Kier molecular flexibility index (Phi) is 6.87. The number of rotatable bonds is 5. The minimum absolute atomic E-state index is 0.147. The lowest BCUT2D eigenvalue weighted by Gasteiger charge is -1.94. The molecule has 5 heteroatoms. The second-order valence-corrected chi connectivity index (χ2v) is 3.05. The molecule has 0 aliphatic carbocycles. The second-order valence-electron chi connectivity index (χ2n) is 3.05. The summed E-state index contributed by atoms with van der Waals surface area (Å²) in [5.41, 5.74) is 0.264. The molecule has 1 aliphatic rings. The molecule has 0 saturated carbocycles. The Labute approximate surface area is 94.4 Å². The molecule has 1 N–H and O–H groups in total. The summed E-state index contributed by atoms with van der Waals surface area (Å²) in [6.07, 6.45) is 1.81. The Morgan fingerprint density at radius 1 is 1.62 bits per heavy atom. The Hall–Kier alpha value is -1.62. The van der Waals surface area contributed by atoms with Gasteiger partial charge in [-0.3, -0.25) is 0 Å². The van der Waals surface area contributed by atoms with E-state index in [1.165, 1.54) is 0 Å². The maximum absolute atomic E-state index is 10.3. The molecule has 0 spiro atoms. The largest absolute Gasteiger partial charge is 0.478 e. The highest BCUT2D eigenvalue weighted by Gasteiger charge is 2.23. The molecule has 90 valence electrons. The highest BCUT2D eigenvalue weighted by molar-refractivity contribution is 5.85. The first-order valence-corrected chi connectivity index (χ1v) is 4.83. The molecule has 0 aromatic heterocycles. The van der Waals surface area contributed by atoms with Crippen LogP contribution in [0.25, 0.3) is 0 Å². The zero-order valence-electron chi connectivity index (χ0n) is 9.27. The lowest BCUT2D eigenvalue weighted by Crippen LogP contribution is -2.06. The van der Waals surface area contributed by atoms with E-state index in [-0.39, 0.29) is 17.6 Å². The van der Waals surface area contributed by atoms with Crippen LogP contribution in [0.2, 0.25) is 0 Å². The highest BCUT2D eigenvalue weighted by Crippen LogP contribution is 2.08. The maximum atomic E-state index is 10.3. The van der Waals surface area contributed by atoms with E-state index in [4.69, 9.17) is 9.84 Å². The van der Waals surface area contributed by atoms with E-state index in [2.05, 4.69) is 17.9 Å². The van der Waals surface area contributed by atoms with Crippen molar-refractivity contribution >= 4 is 11.9 Å². The number of ether oxygens (including phenoxy) is 2. The molecule has 0 aromatic rings. The van der Waals surface area contributed by atoms with Crippen LogP contribution >= 0.6 is 0 Å². The van der Waals surface area contributed by atoms with Crippen molar-refractivity contribution in [2.75, 3.05) is 13.2 Å². The van der Waals surface area contributed by atoms with Crippen LogP contribution in [0.5, 0.6) is 0 Å². The summed E-state index contributed by atoms with van der Waals surface area (Å²) < 4.78 is 9.42. The molecule has 0 radical (unpaired) electrons. The van der Waals surface area contributed by atoms with Crippen LogP contribution in [-0.4, -0.2) is 36.4 Å². The zero-order valence-corrected chi connectivity index (χ0v) is 9.27. The summed E-state index contributed by atoms with van der Waals surface area (Å²) in [4.78, 5) is 20.2. The van der Waals surface area contributed by atoms with Gasteiger partial charge in [0, 0.05) is 11.6 Å². The summed E-state index contributed by atoms with van der Waals surface area (Å²) in [5, 5.41) is 8.08. The normalized spacial score (nSPS) is 16.4. The summed E-state index contributed by atoms with van der Waals surface area (Å²) >= 11 is 0. The van der Waals surface area contributed by atoms with Crippen molar-refractivity contribution in [3.05, 3.63) is 24.8 Å². The molecular weight excluding hydrogens is 212 g/mol. The van der Waals surface area contributed by atoms with Gasteiger partial charge in [0.25, 0.3) is 0 Å². The van der Waals surface area contributed by atoms with Gasteiger partial charge >= 0.3 is 11.9 Å². The summed E-state index contributed by atoms with van der Waals surface area (Å²) in [7, 11) is 0. The third-order valence-corrected chi connectivity index (χ3v) is 1.71. The number of hydrogen-bond acceptors (Lipinski definition) is 4. The van der Waals surface area contributed by atoms with Crippen molar-refractivity contribution in [3.8, 4) is 0 Å². The Balaban J connectivity index is 0.000000293. The molecule has 1 fully saturated rings. The number of carbonyl (C=O) groups is 2. The van der Waals surface area contributed by atoms with Gasteiger partial charge in [0.1, 0.15) is 12.7 Å². The Morgan fingerprint density at radius 3 is 2.44 bits per heavy atom. The third kappa shape index (κ3) is 7.75. The molecule has 0 bridgehead atoms. The van der Waals surface area contributed by atoms with Gasteiger partial charge < -0.3 is 14.6 Å². The van der Waals surface area contributed by atoms with Crippen molar-refractivity contribution in [1.29, 1.82) is 0 Å². The van der Waals surface area contributed by atoms with E-state index in [0.717, 1.165) is 6.08 Å². The number of epoxide rings is 1. The van der Waals surface area contributed by atoms with E-state index >= 15 is 0 Å². The second kappa shape index (κ2) is 7.64. The molecule has 5 nitrogen and oxygen atoms in total. The Morgan fingerprint density at radius 2 is 2.19 bits per heavy atom. The monoisotopic (exact) mass is 228 g/mol. The predicted molar refractivity (Wildman–Crippen MR) is 58.0 cm³/mol. The van der Waals surface area contributed by atoms with Gasteiger partial charge in [-0.05, 0) is 6.42 Å². The topological polar surface area (TPSA) is 76.1 Å². The smallest absolute Gasteiger partial charge is 0.330 e. The van der Waals surface area contributed by atoms with E-state index in [1.807, 2.05) is 0 Å². The van der Waals surface area contributed by atoms with Crippen LogP contribution in [0.15, 0.2) is 24.8 Å². The standard InChI is InChI=1S/C6H8O3.C5H8O2/c1-2-6(7)9-4-5-3-8-5;1-3-4(2)5(6)7/h2,5H,1,3-4H2;2-3H2,1H3,(H,6,7). The van der Waals surface area contributed by atoms with Crippen LogP contribution in [-0.2, 0) is 19.1 Å². The fourth-order valence-electron chi connectivity index (χ4n) is 0.549. The fourth-order valence-corrected chi connectivity index (χ4v) is 0.549. The molecular formula is C11H16O5. The van der Waals surface area contributed by atoms with E-state index in [9.17, 15) is 9.59 Å². The van der Waals surface area contributed by atoms with Gasteiger partial charge in [0.2, 0.25) is 0 Å². The summed E-state index contributed by atoms with van der Waals surface area (Å²) in [6.45, 7) is 9.36. The van der Waals surface area contributed by atoms with E-state index < -0.39 is 5.97 Å². The first-order valence-electron chi connectivity index (χ1n) is 4.83. The SMILES string of the molecule is C=C(CC)C(=O)O.C=CC(=O)OCC1CO1. The van der Waals surface area contributed by atoms with Crippen LogP contribution in [0.3, 0.4) is 0 Å². The molecule has 1 atom stereocenters. The molecule has 0 amide bonds. The van der Waals surface area contributed by atoms with Gasteiger partial charge in [-0.2, -0.15) is 0 Å². The molecule has 1 saturated heterocycles. The van der Waals surface area contributed by atoms with Gasteiger partial charge in [-0.15, -0.1) is 0 Å². The van der Waals surface area contributed by atoms with Gasteiger partial charge in [0.15, 0.2) is 0 Å². The minimum Gasteiger partial charge on any atom is -0.478 e. The molecule has 1 heterocycles. The van der Waals surface area contributed by atoms with Crippen LogP contribution in [0.1, 0.15) is 13.3 Å². The van der Waals surface area contributed by atoms with Crippen molar-refractivity contribution in [1.82, 2.24) is 0 Å². The fraction of sp³-hybridized carbons (Fsp3) is 0.455. The summed E-state index contributed by atoms with van der Waals surface area (Å²) in [6, 6.07) is 0. The van der Waals surface area contributed by atoms with E-state index in [1.54, 1.807) is 6.92 Å². The maximum Gasteiger partial charge on any atom is 0.330 e. The lowest BCUT2D eigenvalue weighted by atomic mass is 10.2. The molecule has 1 rings (SSSR count). The number of carboxylic acids is 1. The van der Waals surface area contributed by atoms with Crippen LogP contribution in [0.4, 0.5) is 0 Å². The quantitative estimate of drug-likeness (QED) is 0.434. The number of hydrogen-bond donors (Lipinski definition) is 1. The average molecular weight is 228 g/mol. The number of carbonyl (C=O) groups excluding carboxylic acids is 1. The molecule has 16 heavy (non-hydrogen) atoms. The average Bonchev–Trinajstić information content (AvgIpc) is 3.09. The molecule has 1 unspecified atom stereocenters. The van der Waals surface area contributed by atoms with Crippen LogP contribution < -0.4 is 0 Å². The van der Waals surface area contributed by atoms with Crippen molar-refractivity contribution in [2.24, 2.45) is 0 Å². The predicted octanol–water partition coefficient (Wildman–Crippen LogP) is 1.15. The first-order chi connectivity index (χ1) is 7.51. The minimum atomic E-state index is -0.900. The molecule has 0 aromatic carbocycles. The Bertz CT molecular complexity index is 278. The van der Waals surface area contributed by atoms with Gasteiger partial charge in [-0.25, -0.2) is 9.59 Å². The van der Waals surface area contributed by atoms with Crippen molar-refractivity contribution in [3.63, 3.8) is 0 Å². The highest BCUT2D eigenvalue weighted by atomic mass is 16.6. The van der Waals surface area contributed by atoms with Gasteiger partial charge in [0.05, 0.1) is 6.61 Å². The molecule has 1 aliphatic heterocycles. The zero-order chi connectivity index (χ0) is 12.6. The third-order valence-electron chi connectivity index (χ3n) is 1.71. The first kappa shape index (κ1) is 14.4.